The van der Waals surface area contributed by atoms with Crippen molar-refractivity contribution in [3.63, 3.8) is 0 Å². The topological polar surface area (TPSA) is 42.4 Å². The van der Waals surface area contributed by atoms with Gasteiger partial charge in [0.25, 0.3) is 0 Å². The van der Waals surface area contributed by atoms with E-state index in [9.17, 15) is 0 Å². The zero-order valence-corrected chi connectivity index (χ0v) is 9.05. The Labute approximate surface area is 94.3 Å². The molecule has 0 unspecified atom stereocenters. The van der Waals surface area contributed by atoms with Crippen molar-refractivity contribution in [1.29, 1.82) is 0 Å². The van der Waals surface area contributed by atoms with Crippen LogP contribution in [0, 0.1) is 6.92 Å². The number of aryl methyl sites for hydroxylation is 1. The molecule has 82 valence electrons. The predicted octanol–water partition coefficient (Wildman–Crippen LogP) is 2.67. The van der Waals surface area contributed by atoms with E-state index in [1.165, 1.54) is 0 Å². The molecule has 0 aliphatic heterocycles. The minimum Gasteiger partial charge on any atom is -0.439 e. The first kappa shape index (κ1) is 10.6. The summed E-state index contributed by atoms with van der Waals surface area (Å²) < 4.78 is 5.55. The fourth-order valence-electron chi connectivity index (χ4n) is 1.38. The number of para-hydroxylation sites is 1. The molecule has 1 N–H and O–H groups in total. The monoisotopic (exact) mass is 215 g/mol. The number of ether oxygens (including phenoxy) is 1. The van der Waals surface area contributed by atoms with Gasteiger partial charge in [-0.2, -0.15) is 0 Å². The van der Waals surface area contributed by atoms with Crippen LogP contribution in [0.3, 0.4) is 0 Å². The minimum absolute atomic E-state index is 0.0716. The second-order valence-corrected chi connectivity index (χ2v) is 3.49. The number of aliphatic hydroxyl groups excluding tert-OH is 1. The average molecular weight is 215 g/mol. The third kappa shape index (κ3) is 2.38. The van der Waals surface area contributed by atoms with Crippen molar-refractivity contribution in [2.75, 3.05) is 0 Å². The van der Waals surface area contributed by atoms with Gasteiger partial charge in [-0.05, 0) is 24.6 Å². The highest BCUT2D eigenvalue weighted by Gasteiger charge is 2.02. The fourth-order valence-corrected chi connectivity index (χ4v) is 1.38. The van der Waals surface area contributed by atoms with Crippen molar-refractivity contribution in [3.8, 4) is 11.6 Å². The van der Waals surface area contributed by atoms with Crippen LogP contribution in [0.15, 0.2) is 42.5 Å². The van der Waals surface area contributed by atoms with Gasteiger partial charge in [0.1, 0.15) is 5.75 Å². The second kappa shape index (κ2) is 4.77. The maximum Gasteiger partial charge on any atom is 0.219 e. The largest absolute Gasteiger partial charge is 0.439 e. The molecule has 0 amide bonds. The van der Waals surface area contributed by atoms with E-state index in [0.29, 0.717) is 11.6 Å². The van der Waals surface area contributed by atoms with Gasteiger partial charge in [0, 0.05) is 6.07 Å². The van der Waals surface area contributed by atoms with Gasteiger partial charge in [-0.15, -0.1) is 0 Å². The number of hydrogen-bond acceptors (Lipinski definition) is 3. The highest BCUT2D eigenvalue weighted by Crippen LogP contribution is 2.20. The maximum atomic E-state index is 9.09. The molecule has 3 heteroatoms. The lowest BCUT2D eigenvalue weighted by molar-refractivity contribution is 0.274. The fraction of sp³-hybridized carbons (Fsp3) is 0.154. The lowest BCUT2D eigenvalue weighted by atomic mass is 10.2. The summed E-state index contributed by atoms with van der Waals surface area (Å²) in [5.74, 6) is 1.24. The van der Waals surface area contributed by atoms with Gasteiger partial charge < -0.3 is 9.84 Å². The molecule has 0 radical (unpaired) electrons. The molecule has 0 spiro atoms. The van der Waals surface area contributed by atoms with Crippen LogP contribution in [0.25, 0.3) is 0 Å². The van der Waals surface area contributed by atoms with Gasteiger partial charge in [-0.1, -0.05) is 24.3 Å². The summed E-state index contributed by atoms with van der Waals surface area (Å²) in [6.45, 7) is 1.84. The molecule has 1 aromatic carbocycles. The van der Waals surface area contributed by atoms with Crippen molar-refractivity contribution < 1.29 is 9.84 Å². The van der Waals surface area contributed by atoms with Crippen LogP contribution in [-0.4, -0.2) is 10.1 Å². The van der Waals surface area contributed by atoms with Crippen molar-refractivity contribution in [2.24, 2.45) is 0 Å². The number of rotatable bonds is 3. The number of benzene rings is 1. The first-order valence-electron chi connectivity index (χ1n) is 5.10. The molecule has 0 bridgehead atoms. The molecule has 1 heterocycles. The van der Waals surface area contributed by atoms with Crippen molar-refractivity contribution in [2.45, 2.75) is 13.5 Å². The van der Waals surface area contributed by atoms with E-state index in [-0.39, 0.29) is 6.61 Å². The Bertz CT molecular complexity index is 469. The summed E-state index contributed by atoms with van der Waals surface area (Å²) in [7, 11) is 0. The Morgan fingerprint density at radius 2 is 1.88 bits per heavy atom. The maximum absolute atomic E-state index is 9.09. The smallest absolute Gasteiger partial charge is 0.219 e. The summed E-state index contributed by atoms with van der Waals surface area (Å²) in [5, 5.41) is 9.09. The van der Waals surface area contributed by atoms with Gasteiger partial charge in [0.2, 0.25) is 5.88 Å². The SMILES string of the molecule is Cc1ccc(Oc2ccccc2)nc1CO. The molecule has 0 atom stereocenters. The molecule has 0 saturated heterocycles. The van der Waals surface area contributed by atoms with E-state index in [1.807, 2.05) is 43.3 Å². The summed E-state index contributed by atoms with van der Waals surface area (Å²) in [6, 6.07) is 13.1. The van der Waals surface area contributed by atoms with Gasteiger partial charge >= 0.3 is 0 Å². The molecular weight excluding hydrogens is 202 g/mol. The standard InChI is InChI=1S/C13H13NO2/c1-10-7-8-13(14-12(10)9-15)16-11-5-3-2-4-6-11/h2-8,15H,9H2,1H3. The molecule has 3 nitrogen and oxygen atoms in total. The third-order valence-corrected chi connectivity index (χ3v) is 2.29. The van der Waals surface area contributed by atoms with Crippen LogP contribution < -0.4 is 4.74 Å². The molecule has 2 rings (SSSR count). The Morgan fingerprint density at radius 3 is 2.56 bits per heavy atom. The number of hydrogen-bond donors (Lipinski definition) is 1. The Morgan fingerprint density at radius 1 is 1.12 bits per heavy atom. The molecular formula is C13H13NO2. The molecule has 0 aliphatic rings. The average Bonchev–Trinajstić information content (AvgIpc) is 2.33. The van der Waals surface area contributed by atoms with Gasteiger partial charge in [-0.25, -0.2) is 4.98 Å². The summed E-state index contributed by atoms with van der Waals surface area (Å²) in [5.41, 5.74) is 1.61. The van der Waals surface area contributed by atoms with Crippen molar-refractivity contribution in [3.05, 3.63) is 53.7 Å². The number of nitrogens with zero attached hydrogens (tertiary/aromatic N) is 1. The molecule has 16 heavy (non-hydrogen) atoms. The van der Waals surface area contributed by atoms with Crippen LogP contribution >= 0.6 is 0 Å². The number of aliphatic hydroxyl groups is 1. The van der Waals surface area contributed by atoms with Gasteiger partial charge in [0.05, 0.1) is 12.3 Å². The van der Waals surface area contributed by atoms with E-state index >= 15 is 0 Å². The van der Waals surface area contributed by atoms with Crippen LogP contribution in [0.2, 0.25) is 0 Å². The lowest BCUT2D eigenvalue weighted by Gasteiger charge is -2.07. The van der Waals surface area contributed by atoms with E-state index in [0.717, 1.165) is 11.3 Å². The Balaban J connectivity index is 2.22. The molecule has 0 fully saturated rings. The highest BCUT2D eigenvalue weighted by molar-refractivity contribution is 5.29. The third-order valence-electron chi connectivity index (χ3n) is 2.29. The second-order valence-electron chi connectivity index (χ2n) is 3.49. The van der Waals surface area contributed by atoms with Crippen molar-refractivity contribution in [1.82, 2.24) is 4.98 Å². The first-order chi connectivity index (χ1) is 7.79. The zero-order valence-electron chi connectivity index (χ0n) is 9.05. The summed E-state index contributed by atoms with van der Waals surface area (Å²) in [4.78, 5) is 4.21. The molecule has 0 aliphatic carbocycles. The zero-order chi connectivity index (χ0) is 11.4. The van der Waals surface area contributed by atoms with Crippen LogP contribution in [-0.2, 0) is 6.61 Å². The molecule has 2 aromatic rings. The normalized spacial score (nSPS) is 10.1. The first-order valence-corrected chi connectivity index (χ1v) is 5.10. The number of pyridine rings is 1. The number of aromatic nitrogens is 1. The Hall–Kier alpha value is -1.87. The summed E-state index contributed by atoms with van der Waals surface area (Å²) >= 11 is 0. The van der Waals surface area contributed by atoms with E-state index in [1.54, 1.807) is 6.07 Å². The lowest BCUT2D eigenvalue weighted by Crippen LogP contribution is -1.96. The highest BCUT2D eigenvalue weighted by atomic mass is 16.5. The van der Waals surface area contributed by atoms with Crippen molar-refractivity contribution >= 4 is 0 Å². The van der Waals surface area contributed by atoms with Gasteiger partial charge in [-0.3, -0.25) is 0 Å². The van der Waals surface area contributed by atoms with E-state index in [4.69, 9.17) is 9.84 Å². The van der Waals surface area contributed by atoms with E-state index < -0.39 is 0 Å². The molecule has 1 aromatic heterocycles. The van der Waals surface area contributed by atoms with Gasteiger partial charge in [0.15, 0.2) is 0 Å². The van der Waals surface area contributed by atoms with Crippen LogP contribution in [0.1, 0.15) is 11.3 Å². The summed E-state index contributed by atoms with van der Waals surface area (Å²) in [6.07, 6.45) is 0. The molecule has 0 saturated carbocycles. The van der Waals surface area contributed by atoms with Crippen LogP contribution in [0.5, 0.6) is 11.6 Å². The minimum atomic E-state index is -0.0716. The van der Waals surface area contributed by atoms with Crippen LogP contribution in [0.4, 0.5) is 0 Å². The Kier molecular flexibility index (Phi) is 3.17. The quantitative estimate of drug-likeness (QED) is 0.855. The van der Waals surface area contributed by atoms with E-state index in [2.05, 4.69) is 4.98 Å². The predicted molar refractivity (Wildman–Crippen MR) is 61.4 cm³/mol.